The Balaban J connectivity index is 2.33. The third-order valence-corrected chi connectivity index (χ3v) is 2.82. The molecule has 2 aromatic rings. The van der Waals surface area contributed by atoms with Crippen molar-refractivity contribution in [1.29, 1.82) is 0 Å². The highest BCUT2D eigenvalue weighted by Crippen LogP contribution is 2.17. The van der Waals surface area contributed by atoms with Gasteiger partial charge in [-0.3, -0.25) is 4.79 Å². The summed E-state index contributed by atoms with van der Waals surface area (Å²) in [5, 5.41) is 0. The zero-order chi connectivity index (χ0) is 14.0. The molecule has 0 radical (unpaired) electrons. The molecule has 0 aliphatic carbocycles. The van der Waals surface area contributed by atoms with Gasteiger partial charge in [0.2, 0.25) is 0 Å². The van der Waals surface area contributed by atoms with Crippen molar-refractivity contribution in [2.45, 2.75) is 0 Å². The molecule has 2 aromatic carbocycles. The standard InChI is InChI=1S/C15H13F2NO/c1-18(2)12-6-3-10(4-7-12)15(19)13-8-5-11(16)9-14(13)17/h3-9H,1-2H3. The van der Waals surface area contributed by atoms with Crippen molar-refractivity contribution in [3.8, 4) is 0 Å². The van der Waals surface area contributed by atoms with Crippen LogP contribution in [0.25, 0.3) is 0 Å². The van der Waals surface area contributed by atoms with E-state index in [1.165, 1.54) is 0 Å². The Hall–Kier alpha value is -2.23. The van der Waals surface area contributed by atoms with Crippen LogP contribution in [0.5, 0.6) is 0 Å². The SMILES string of the molecule is CN(C)c1ccc(C(=O)c2ccc(F)cc2F)cc1. The van der Waals surface area contributed by atoms with Crippen molar-refractivity contribution in [2.75, 3.05) is 19.0 Å². The zero-order valence-corrected chi connectivity index (χ0v) is 10.7. The van der Waals surface area contributed by atoms with Gasteiger partial charge in [-0.25, -0.2) is 8.78 Å². The topological polar surface area (TPSA) is 20.3 Å². The van der Waals surface area contributed by atoms with Gasteiger partial charge in [0.05, 0.1) is 5.56 Å². The van der Waals surface area contributed by atoms with E-state index in [1.807, 2.05) is 19.0 Å². The Morgan fingerprint density at radius 2 is 1.63 bits per heavy atom. The summed E-state index contributed by atoms with van der Waals surface area (Å²) in [7, 11) is 3.77. The molecular weight excluding hydrogens is 248 g/mol. The van der Waals surface area contributed by atoms with Gasteiger partial charge in [0.15, 0.2) is 5.78 Å². The van der Waals surface area contributed by atoms with E-state index in [0.29, 0.717) is 11.6 Å². The number of carbonyl (C=O) groups excluding carboxylic acids is 1. The fourth-order valence-corrected chi connectivity index (χ4v) is 1.74. The quantitative estimate of drug-likeness (QED) is 0.790. The van der Waals surface area contributed by atoms with Gasteiger partial charge in [0.1, 0.15) is 11.6 Å². The first kappa shape index (κ1) is 13.2. The predicted molar refractivity (Wildman–Crippen MR) is 70.6 cm³/mol. The first-order valence-corrected chi connectivity index (χ1v) is 5.76. The maximum Gasteiger partial charge on any atom is 0.195 e. The number of anilines is 1. The van der Waals surface area contributed by atoms with Crippen LogP contribution in [0.2, 0.25) is 0 Å². The van der Waals surface area contributed by atoms with Crippen LogP contribution in [0.3, 0.4) is 0 Å². The van der Waals surface area contributed by atoms with Gasteiger partial charge >= 0.3 is 0 Å². The minimum absolute atomic E-state index is 0.126. The third kappa shape index (κ3) is 2.78. The second-order valence-electron chi connectivity index (χ2n) is 4.39. The molecule has 0 saturated heterocycles. The average Bonchev–Trinajstić information content (AvgIpc) is 2.38. The first-order chi connectivity index (χ1) is 8.99. The van der Waals surface area contributed by atoms with E-state index < -0.39 is 17.4 Å². The fraction of sp³-hybridized carbons (Fsp3) is 0.133. The van der Waals surface area contributed by atoms with E-state index in [9.17, 15) is 13.6 Å². The molecule has 0 spiro atoms. The van der Waals surface area contributed by atoms with Gasteiger partial charge < -0.3 is 4.90 Å². The lowest BCUT2D eigenvalue weighted by Gasteiger charge is -2.12. The highest BCUT2D eigenvalue weighted by molar-refractivity contribution is 6.09. The summed E-state index contributed by atoms with van der Waals surface area (Å²) >= 11 is 0. The molecule has 0 N–H and O–H groups in total. The summed E-state index contributed by atoms with van der Waals surface area (Å²) < 4.78 is 26.3. The maximum atomic E-state index is 13.5. The molecular formula is C15H13F2NO. The molecule has 0 heterocycles. The number of carbonyl (C=O) groups is 1. The molecule has 0 fully saturated rings. The highest BCUT2D eigenvalue weighted by Gasteiger charge is 2.14. The first-order valence-electron chi connectivity index (χ1n) is 5.76. The van der Waals surface area contributed by atoms with Gasteiger partial charge in [0, 0.05) is 31.4 Å². The summed E-state index contributed by atoms with van der Waals surface area (Å²) in [5.74, 6) is -2.00. The van der Waals surface area contributed by atoms with Crippen LogP contribution in [0.1, 0.15) is 15.9 Å². The summed E-state index contributed by atoms with van der Waals surface area (Å²) in [6.45, 7) is 0. The van der Waals surface area contributed by atoms with Crippen LogP contribution in [0.4, 0.5) is 14.5 Å². The summed E-state index contributed by atoms with van der Waals surface area (Å²) in [5.41, 5.74) is 1.19. The maximum absolute atomic E-state index is 13.5. The van der Waals surface area contributed by atoms with Crippen LogP contribution in [-0.4, -0.2) is 19.9 Å². The van der Waals surface area contributed by atoms with Crippen molar-refractivity contribution in [3.05, 3.63) is 65.2 Å². The highest BCUT2D eigenvalue weighted by atomic mass is 19.1. The van der Waals surface area contributed by atoms with Crippen molar-refractivity contribution >= 4 is 11.5 Å². The zero-order valence-electron chi connectivity index (χ0n) is 10.7. The molecule has 2 nitrogen and oxygen atoms in total. The Morgan fingerprint density at radius 3 is 2.16 bits per heavy atom. The number of hydrogen-bond donors (Lipinski definition) is 0. The molecule has 98 valence electrons. The Morgan fingerprint density at radius 1 is 1.00 bits per heavy atom. The van der Waals surface area contributed by atoms with Crippen LogP contribution < -0.4 is 4.90 Å². The molecule has 0 saturated carbocycles. The molecule has 0 aliphatic rings. The molecule has 0 unspecified atom stereocenters. The van der Waals surface area contributed by atoms with E-state index in [0.717, 1.165) is 17.8 Å². The normalized spacial score (nSPS) is 10.3. The largest absolute Gasteiger partial charge is 0.378 e. The van der Waals surface area contributed by atoms with Crippen molar-refractivity contribution in [2.24, 2.45) is 0 Å². The van der Waals surface area contributed by atoms with Crippen molar-refractivity contribution in [3.63, 3.8) is 0 Å². The number of rotatable bonds is 3. The molecule has 2 rings (SSSR count). The molecule has 0 amide bonds. The lowest BCUT2D eigenvalue weighted by molar-refractivity contribution is 0.103. The van der Waals surface area contributed by atoms with Crippen LogP contribution >= 0.6 is 0 Å². The molecule has 19 heavy (non-hydrogen) atoms. The van der Waals surface area contributed by atoms with Gasteiger partial charge in [-0.05, 0) is 36.4 Å². The van der Waals surface area contributed by atoms with Gasteiger partial charge in [-0.15, -0.1) is 0 Å². The van der Waals surface area contributed by atoms with Gasteiger partial charge in [-0.1, -0.05) is 0 Å². The fourth-order valence-electron chi connectivity index (χ4n) is 1.74. The Bertz CT molecular complexity index is 606. The predicted octanol–water partition coefficient (Wildman–Crippen LogP) is 3.26. The molecule has 0 bridgehead atoms. The monoisotopic (exact) mass is 261 g/mol. The molecule has 0 aliphatic heterocycles. The minimum atomic E-state index is -0.846. The molecule has 4 heteroatoms. The number of benzene rings is 2. The van der Waals surface area contributed by atoms with Gasteiger partial charge in [0.25, 0.3) is 0 Å². The van der Waals surface area contributed by atoms with Crippen molar-refractivity contribution < 1.29 is 13.6 Å². The second-order valence-corrected chi connectivity index (χ2v) is 4.39. The van der Waals surface area contributed by atoms with Crippen LogP contribution in [0.15, 0.2) is 42.5 Å². The number of halogens is 2. The summed E-state index contributed by atoms with van der Waals surface area (Å²) in [6.07, 6.45) is 0. The second kappa shape index (κ2) is 5.18. The number of ketones is 1. The van der Waals surface area contributed by atoms with E-state index in [-0.39, 0.29) is 5.56 Å². The molecule has 0 aromatic heterocycles. The van der Waals surface area contributed by atoms with E-state index >= 15 is 0 Å². The van der Waals surface area contributed by atoms with E-state index in [2.05, 4.69) is 0 Å². The van der Waals surface area contributed by atoms with Crippen LogP contribution in [0, 0.1) is 11.6 Å². The Kier molecular flexibility index (Phi) is 3.60. The lowest BCUT2D eigenvalue weighted by Crippen LogP contribution is -2.09. The summed E-state index contributed by atoms with van der Waals surface area (Å²) in [4.78, 5) is 14.0. The molecule has 0 atom stereocenters. The third-order valence-electron chi connectivity index (χ3n) is 2.82. The van der Waals surface area contributed by atoms with Crippen molar-refractivity contribution in [1.82, 2.24) is 0 Å². The van der Waals surface area contributed by atoms with Crippen LogP contribution in [-0.2, 0) is 0 Å². The number of hydrogen-bond acceptors (Lipinski definition) is 2. The minimum Gasteiger partial charge on any atom is -0.378 e. The van der Waals surface area contributed by atoms with E-state index in [4.69, 9.17) is 0 Å². The average molecular weight is 261 g/mol. The number of nitrogens with zero attached hydrogens (tertiary/aromatic N) is 1. The lowest BCUT2D eigenvalue weighted by atomic mass is 10.0. The van der Waals surface area contributed by atoms with Gasteiger partial charge in [-0.2, -0.15) is 0 Å². The Labute approximate surface area is 110 Å². The smallest absolute Gasteiger partial charge is 0.195 e. The summed E-state index contributed by atoms with van der Waals surface area (Å²) in [6, 6.07) is 9.74. The van der Waals surface area contributed by atoms with E-state index in [1.54, 1.807) is 24.3 Å².